The van der Waals surface area contributed by atoms with Gasteiger partial charge >= 0.3 is 0 Å². The molecule has 0 amide bonds. The lowest BCUT2D eigenvalue weighted by molar-refractivity contribution is -0.385. The minimum absolute atomic E-state index is 0.141. The van der Waals surface area contributed by atoms with Crippen LogP contribution in [-0.4, -0.2) is 22.4 Å². The average Bonchev–Trinajstić information content (AvgIpc) is 2.43. The molecule has 0 aromatic heterocycles. The summed E-state index contributed by atoms with van der Waals surface area (Å²) in [6.45, 7) is 8.37. The summed E-state index contributed by atoms with van der Waals surface area (Å²) in [6, 6.07) is 5.88. The maximum Gasteiger partial charge on any atom is 0.283 e. The Balaban J connectivity index is 2.87. The van der Waals surface area contributed by atoms with Gasteiger partial charge in [-0.05, 0) is 53.9 Å². The highest BCUT2D eigenvalue weighted by Crippen LogP contribution is 2.26. The zero-order valence-corrected chi connectivity index (χ0v) is 14.0. The van der Waals surface area contributed by atoms with Crippen molar-refractivity contribution < 1.29 is 4.92 Å². The fourth-order valence-electron chi connectivity index (χ4n) is 2.11. The Bertz CT molecular complexity index is 451. The number of rotatable bonds is 8. The molecule has 0 aliphatic heterocycles. The fourth-order valence-corrected chi connectivity index (χ4v) is 2.50. The van der Waals surface area contributed by atoms with Gasteiger partial charge in [-0.1, -0.05) is 26.3 Å². The molecule has 0 N–H and O–H groups in total. The molecule has 0 saturated carbocycles. The minimum Gasteiger partial charge on any atom is -0.296 e. The normalized spacial score (nSPS) is 12.7. The molecule has 20 heavy (non-hydrogen) atoms. The molecule has 1 unspecified atom stereocenters. The van der Waals surface area contributed by atoms with Crippen molar-refractivity contribution in [3.05, 3.63) is 38.3 Å². The maximum atomic E-state index is 11.0. The van der Waals surface area contributed by atoms with Gasteiger partial charge < -0.3 is 0 Å². The molecule has 0 radical (unpaired) electrons. The summed E-state index contributed by atoms with van der Waals surface area (Å²) in [7, 11) is 0. The van der Waals surface area contributed by atoms with Crippen LogP contribution in [0.5, 0.6) is 0 Å². The van der Waals surface area contributed by atoms with Crippen LogP contribution in [0.4, 0.5) is 5.69 Å². The van der Waals surface area contributed by atoms with E-state index in [1.54, 1.807) is 12.1 Å². The van der Waals surface area contributed by atoms with Crippen LogP contribution in [0.3, 0.4) is 0 Å². The maximum absolute atomic E-state index is 11.0. The summed E-state index contributed by atoms with van der Waals surface area (Å²) in [6.07, 6.45) is 3.40. The van der Waals surface area contributed by atoms with Crippen LogP contribution in [0, 0.1) is 10.1 Å². The molecule has 0 spiro atoms. The Labute approximate surface area is 129 Å². The van der Waals surface area contributed by atoms with E-state index >= 15 is 0 Å². The van der Waals surface area contributed by atoms with Crippen LogP contribution >= 0.6 is 15.9 Å². The van der Waals surface area contributed by atoms with E-state index < -0.39 is 0 Å². The first kappa shape index (κ1) is 17.1. The third kappa shape index (κ3) is 4.87. The highest BCUT2D eigenvalue weighted by Gasteiger charge is 2.16. The summed E-state index contributed by atoms with van der Waals surface area (Å²) < 4.78 is 0.537. The third-order valence-electron chi connectivity index (χ3n) is 3.61. The van der Waals surface area contributed by atoms with Gasteiger partial charge in [0, 0.05) is 18.7 Å². The lowest BCUT2D eigenvalue weighted by Crippen LogP contribution is -2.33. The van der Waals surface area contributed by atoms with Crippen molar-refractivity contribution in [1.29, 1.82) is 0 Å². The van der Waals surface area contributed by atoms with Crippen molar-refractivity contribution in [2.75, 3.05) is 6.54 Å². The van der Waals surface area contributed by atoms with Gasteiger partial charge in [-0.15, -0.1) is 0 Å². The number of hydrogen-bond acceptors (Lipinski definition) is 3. The Morgan fingerprint density at radius 1 is 1.40 bits per heavy atom. The van der Waals surface area contributed by atoms with Crippen LogP contribution in [-0.2, 0) is 6.54 Å². The van der Waals surface area contributed by atoms with Gasteiger partial charge in [0.05, 0.1) is 9.40 Å². The summed E-state index contributed by atoms with van der Waals surface area (Å²) in [5, 5.41) is 11.0. The van der Waals surface area contributed by atoms with Crippen molar-refractivity contribution in [2.24, 2.45) is 0 Å². The number of nitro benzene ring substituents is 1. The molecular weight excluding hydrogens is 320 g/mol. The fraction of sp³-hybridized carbons (Fsp3) is 0.600. The first-order valence-electron chi connectivity index (χ1n) is 7.16. The van der Waals surface area contributed by atoms with E-state index in [0.29, 0.717) is 10.5 Å². The van der Waals surface area contributed by atoms with Gasteiger partial charge in [-0.3, -0.25) is 15.0 Å². The van der Waals surface area contributed by atoms with Gasteiger partial charge in [0.25, 0.3) is 5.69 Å². The molecular formula is C15H23BrN2O2. The second-order valence-corrected chi connectivity index (χ2v) is 5.98. The third-order valence-corrected chi connectivity index (χ3v) is 4.28. The second-order valence-electron chi connectivity index (χ2n) is 5.12. The van der Waals surface area contributed by atoms with Crippen LogP contribution in [0.25, 0.3) is 0 Å². The van der Waals surface area contributed by atoms with E-state index in [1.807, 2.05) is 6.07 Å². The zero-order chi connectivity index (χ0) is 15.1. The predicted molar refractivity (Wildman–Crippen MR) is 85.9 cm³/mol. The van der Waals surface area contributed by atoms with E-state index in [-0.39, 0.29) is 10.6 Å². The first-order chi connectivity index (χ1) is 9.49. The largest absolute Gasteiger partial charge is 0.296 e. The Kier molecular flexibility index (Phi) is 7.16. The number of hydrogen-bond donors (Lipinski definition) is 0. The van der Waals surface area contributed by atoms with Crippen LogP contribution < -0.4 is 0 Å². The van der Waals surface area contributed by atoms with E-state index in [0.717, 1.165) is 37.9 Å². The van der Waals surface area contributed by atoms with Gasteiger partial charge in [-0.25, -0.2) is 0 Å². The number of nitrogens with zero attached hydrogens (tertiary/aromatic N) is 2. The van der Waals surface area contributed by atoms with Crippen molar-refractivity contribution >= 4 is 21.6 Å². The lowest BCUT2D eigenvalue weighted by Gasteiger charge is -2.28. The Morgan fingerprint density at radius 3 is 2.65 bits per heavy atom. The molecule has 1 rings (SSSR count). The van der Waals surface area contributed by atoms with Crippen molar-refractivity contribution in [3.8, 4) is 0 Å². The zero-order valence-electron chi connectivity index (χ0n) is 12.4. The van der Waals surface area contributed by atoms with Crippen molar-refractivity contribution in [3.63, 3.8) is 0 Å². The SMILES string of the molecule is CCCCN(Cc1ccc(Br)c([N+](=O)[O-])c1)C(C)CC. The Morgan fingerprint density at radius 2 is 2.10 bits per heavy atom. The molecule has 112 valence electrons. The lowest BCUT2D eigenvalue weighted by atomic mass is 10.1. The molecule has 0 bridgehead atoms. The van der Waals surface area contributed by atoms with E-state index in [2.05, 4.69) is 41.6 Å². The predicted octanol–water partition coefficient (Wildman–Crippen LogP) is 4.76. The highest BCUT2D eigenvalue weighted by atomic mass is 79.9. The molecule has 0 heterocycles. The molecule has 4 nitrogen and oxygen atoms in total. The molecule has 0 aliphatic carbocycles. The van der Waals surface area contributed by atoms with Gasteiger partial charge in [0.15, 0.2) is 0 Å². The molecule has 1 aromatic carbocycles. The first-order valence-corrected chi connectivity index (χ1v) is 7.95. The summed E-state index contributed by atoms with van der Waals surface area (Å²) in [5.41, 5.74) is 1.14. The molecule has 1 aromatic rings. The van der Waals surface area contributed by atoms with E-state index in [9.17, 15) is 10.1 Å². The number of unbranched alkanes of at least 4 members (excludes halogenated alkanes) is 1. The van der Waals surface area contributed by atoms with Crippen LogP contribution in [0.15, 0.2) is 22.7 Å². The molecule has 0 fully saturated rings. The van der Waals surface area contributed by atoms with Gasteiger partial charge in [0.2, 0.25) is 0 Å². The number of nitro groups is 1. The number of halogens is 1. The standard InChI is InChI=1S/C15H23BrN2O2/c1-4-6-9-17(12(3)5-2)11-13-7-8-14(16)15(10-13)18(19)20/h7-8,10,12H,4-6,9,11H2,1-3H3. The highest BCUT2D eigenvalue weighted by molar-refractivity contribution is 9.10. The summed E-state index contributed by atoms with van der Waals surface area (Å²) in [4.78, 5) is 13.0. The topological polar surface area (TPSA) is 46.4 Å². The molecule has 5 heteroatoms. The average molecular weight is 343 g/mol. The van der Waals surface area contributed by atoms with E-state index in [4.69, 9.17) is 0 Å². The summed E-state index contributed by atoms with van der Waals surface area (Å²) in [5.74, 6) is 0. The molecule has 1 atom stereocenters. The minimum atomic E-state index is -0.340. The van der Waals surface area contributed by atoms with Crippen LogP contribution in [0.1, 0.15) is 45.6 Å². The monoisotopic (exact) mass is 342 g/mol. The van der Waals surface area contributed by atoms with E-state index in [1.165, 1.54) is 0 Å². The Hall–Kier alpha value is -0.940. The smallest absolute Gasteiger partial charge is 0.283 e. The van der Waals surface area contributed by atoms with Gasteiger partial charge in [-0.2, -0.15) is 0 Å². The van der Waals surface area contributed by atoms with Crippen LogP contribution in [0.2, 0.25) is 0 Å². The quantitative estimate of drug-likeness (QED) is 0.505. The molecule has 0 aliphatic rings. The van der Waals surface area contributed by atoms with Crippen molar-refractivity contribution in [1.82, 2.24) is 4.90 Å². The summed E-state index contributed by atoms with van der Waals surface area (Å²) >= 11 is 3.23. The molecule has 0 saturated heterocycles. The number of benzene rings is 1. The van der Waals surface area contributed by atoms with Gasteiger partial charge in [0.1, 0.15) is 0 Å². The second kappa shape index (κ2) is 8.37. The van der Waals surface area contributed by atoms with Crippen molar-refractivity contribution in [2.45, 2.75) is 52.6 Å².